The average molecular weight is 291 g/mol. The van der Waals surface area contributed by atoms with Gasteiger partial charge in [0.2, 0.25) is 0 Å². The molecule has 0 amide bonds. The summed E-state index contributed by atoms with van der Waals surface area (Å²) in [7, 11) is 0. The quantitative estimate of drug-likeness (QED) is 0.602. The van der Waals surface area contributed by atoms with Crippen molar-refractivity contribution in [3.63, 3.8) is 0 Å². The standard InChI is InChI=1S/C15H13N7/c1-2-4-12(5-3-1)22-7-6-11(21-22)8-16-14-13-15(18-9-17-13)20-10-19-14/h1-7,9-10H,8H2,(H2,16,17,18,19,20). The molecule has 0 bridgehead atoms. The van der Waals surface area contributed by atoms with E-state index >= 15 is 0 Å². The summed E-state index contributed by atoms with van der Waals surface area (Å²) >= 11 is 0. The Hall–Kier alpha value is -3.22. The molecule has 3 aromatic heterocycles. The van der Waals surface area contributed by atoms with Crippen LogP contribution in [0.3, 0.4) is 0 Å². The van der Waals surface area contributed by atoms with E-state index in [4.69, 9.17) is 0 Å². The van der Waals surface area contributed by atoms with Gasteiger partial charge in [-0.1, -0.05) is 18.2 Å². The number of nitrogens with zero attached hydrogens (tertiary/aromatic N) is 5. The molecule has 0 fully saturated rings. The van der Waals surface area contributed by atoms with Crippen LogP contribution in [0.5, 0.6) is 0 Å². The maximum atomic E-state index is 4.55. The van der Waals surface area contributed by atoms with Crippen molar-refractivity contribution < 1.29 is 0 Å². The number of anilines is 1. The van der Waals surface area contributed by atoms with Crippen molar-refractivity contribution in [2.75, 3.05) is 5.32 Å². The van der Waals surface area contributed by atoms with E-state index in [-0.39, 0.29) is 0 Å². The first kappa shape index (κ1) is 12.5. The molecule has 0 unspecified atom stereocenters. The van der Waals surface area contributed by atoms with Crippen LogP contribution >= 0.6 is 0 Å². The molecular weight excluding hydrogens is 278 g/mol. The van der Waals surface area contributed by atoms with Crippen LogP contribution in [0.25, 0.3) is 16.9 Å². The van der Waals surface area contributed by atoms with E-state index in [1.807, 2.05) is 47.3 Å². The molecular formula is C15H13N7. The number of fused-ring (bicyclic) bond motifs is 1. The van der Waals surface area contributed by atoms with Crippen LogP contribution in [0.2, 0.25) is 0 Å². The predicted molar refractivity (Wildman–Crippen MR) is 82.6 cm³/mol. The zero-order chi connectivity index (χ0) is 14.8. The fourth-order valence-electron chi connectivity index (χ4n) is 2.25. The number of para-hydroxylation sites is 1. The minimum absolute atomic E-state index is 0.574. The highest BCUT2D eigenvalue weighted by atomic mass is 15.3. The van der Waals surface area contributed by atoms with Gasteiger partial charge in [-0.25, -0.2) is 19.6 Å². The van der Waals surface area contributed by atoms with Crippen molar-refractivity contribution in [3.05, 3.63) is 60.9 Å². The van der Waals surface area contributed by atoms with Crippen molar-refractivity contribution in [1.29, 1.82) is 0 Å². The molecule has 0 atom stereocenters. The summed E-state index contributed by atoms with van der Waals surface area (Å²) in [5, 5.41) is 7.80. The molecule has 0 spiro atoms. The summed E-state index contributed by atoms with van der Waals surface area (Å²) in [6.45, 7) is 0.574. The highest BCUT2D eigenvalue weighted by Crippen LogP contribution is 2.15. The topological polar surface area (TPSA) is 84.3 Å². The van der Waals surface area contributed by atoms with Gasteiger partial charge in [0.1, 0.15) is 11.8 Å². The number of imidazole rings is 1. The van der Waals surface area contributed by atoms with Crippen LogP contribution in [-0.2, 0) is 6.54 Å². The van der Waals surface area contributed by atoms with E-state index < -0.39 is 0 Å². The molecule has 0 aliphatic rings. The maximum Gasteiger partial charge on any atom is 0.182 e. The van der Waals surface area contributed by atoms with Crippen LogP contribution in [0.1, 0.15) is 5.69 Å². The molecule has 4 aromatic rings. The Morgan fingerprint density at radius 2 is 1.95 bits per heavy atom. The van der Waals surface area contributed by atoms with Gasteiger partial charge in [-0.15, -0.1) is 0 Å². The Kier molecular flexibility index (Phi) is 3.01. The lowest BCUT2D eigenvalue weighted by Gasteiger charge is -2.04. The van der Waals surface area contributed by atoms with E-state index in [2.05, 4.69) is 30.4 Å². The third-order valence-corrected chi connectivity index (χ3v) is 3.32. The number of H-pyrrole nitrogens is 1. The number of hydrogen-bond donors (Lipinski definition) is 2. The number of nitrogens with one attached hydrogen (secondary N) is 2. The Morgan fingerprint density at radius 1 is 1.05 bits per heavy atom. The first-order valence-electron chi connectivity index (χ1n) is 6.88. The van der Waals surface area contributed by atoms with E-state index in [0.29, 0.717) is 12.2 Å². The predicted octanol–water partition coefficient (Wildman–Crippen LogP) is 2.15. The molecule has 4 rings (SSSR count). The third kappa shape index (κ3) is 2.28. The van der Waals surface area contributed by atoms with Gasteiger partial charge < -0.3 is 10.3 Å². The lowest BCUT2D eigenvalue weighted by atomic mass is 10.3. The van der Waals surface area contributed by atoms with Crippen molar-refractivity contribution in [2.24, 2.45) is 0 Å². The van der Waals surface area contributed by atoms with Crippen LogP contribution in [-0.4, -0.2) is 29.7 Å². The maximum absolute atomic E-state index is 4.55. The molecule has 1 aromatic carbocycles. The zero-order valence-corrected chi connectivity index (χ0v) is 11.6. The van der Waals surface area contributed by atoms with Crippen molar-refractivity contribution in [2.45, 2.75) is 6.54 Å². The SMILES string of the molecule is c1ccc(-n2ccc(CNc3ncnc4nc[nH]c34)n2)cc1. The summed E-state index contributed by atoms with van der Waals surface area (Å²) in [6, 6.07) is 12.0. The fraction of sp³-hybridized carbons (Fsp3) is 0.0667. The van der Waals surface area contributed by atoms with Gasteiger partial charge in [-0.05, 0) is 18.2 Å². The van der Waals surface area contributed by atoms with Gasteiger partial charge in [-0.2, -0.15) is 5.10 Å². The van der Waals surface area contributed by atoms with E-state index in [9.17, 15) is 0 Å². The van der Waals surface area contributed by atoms with E-state index in [1.165, 1.54) is 6.33 Å². The molecule has 0 aliphatic carbocycles. The van der Waals surface area contributed by atoms with Gasteiger partial charge in [-0.3, -0.25) is 0 Å². The summed E-state index contributed by atoms with van der Waals surface area (Å²) in [6.07, 6.45) is 5.04. The molecule has 0 saturated carbocycles. The second-order valence-corrected chi connectivity index (χ2v) is 4.76. The summed E-state index contributed by atoms with van der Waals surface area (Å²) in [5.74, 6) is 0.719. The zero-order valence-electron chi connectivity index (χ0n) is 11.6. The third-order valence-electron chi connectivity index (χ3n) is 3.32. The minimum Gasteiger partial charge on any atom is -0.362 e. The molecule has 108 valence electrons. The molecule has 0 radical (unpaired) electrons. The van der Waals surface area contributed by atoms with Crippen molar-refractivity contribution in [3.8, 4) is 5.69 Å². The molecule has 2 N–H and O–H groups in total. The van der Waals surface area contributed by atoms with Crippen LogP contribution < -0.4 is 5.32 Å². The first-order chi connectivity index (χ1) is 10.9. The second-order valence-electron chi connectivity index (χ2n) is 4.76. The van der Waals surface area contributed by atoms with Crippen LogP contribution in [0.15, 0.2) is 55.2 Å². The normalized spacial score (nSPS) is 10.9. The minimum atomic E-state index is 0.574. The number of rotatable bonds is 4. The van der Waals surface area contributed by atoms with Gasteiger partial charge in [0.15, 0.2) is 11.5 Å². The molecule has 3 heterocycles. The highest BCUT2D eigenvalue weighted by Gasteiger charge is 2.06. The summed E-state index contributed by atoms with van der Waals surface area (Å²) < 4.78 is 1.85. The molecule has 0 saturated heterocycles. The summed E-state index contributed by atoms with van der Waals surface area (Å²) in [5.41, 5.74) is 3.40. The van der Waals surface area contributed by atoms with Gasteiger partial charge in [0.25, 0.3) is 0 Å². The lowest BCUT2D eigenvalue weighted by molar-refractivity contribution is 0.843. The van der Waals surface area contributed by atoms with Gasteiger partial charge >= 0.3 is 0 Å². The van der Waals surface area contributed by atoms with Gasteiger partial charge in [0.05, 0.1) is 24.3 Å². The monoisotopic (exact) mass is 291 g/mol. The number of hydrogen-bond acceptors (Lipinski definition) is 5. The second kappa shape index (κ2) is 5.28. The number of aromatic amines is 1. The highest BCUT2D eigenvalue weighted by molar-refractivity contribution is 5.81. The Labute approximate surface area is 126 Å². The van der Waals surface area contributed by atoms with Gasteiger partial charge in [0, 0.05) is 6.20 Å². The Bertz CT molecular complexity index is 894. The Balaban J connectivity index is 1.53. The average Bonchev–Trinajstić information content (AvgIpc) is 3.23. The Morgan fingerprint density at radius 3 is 2.86 bits per heavy atom. The molecule has 7 nitrogen and oxygen atoms in total. The first-order valence-corrected chi connectivity index (χ1v) is 6.88. The fourth-order valence-corrected chi connectivity index (χ4v) is 2.25. The number of benzene rings is 1. The lowest BCUT2D eigenvalue weighted by Crippen LogP contribution is -2.04. The van der Waals surface area contributed by atoms with Crippen molar-refractivity contribution >= 4 is 17.0 Å². The molecule has 0 aliphatic heterocycles. The van der Waals surface area contributed by atoms with Crippen LogP contribution in [0.4, 0.5) is 5.82 Å². The van der Waals surface area contributed by atoms with Crippen LogP contribution in [0, 0.1) is 0 Å². The molecule has 22 heavy (non-hydrogen) atoms. The summed E-state index contributed by atoms with van der Waals surface area (Å²) in [4.78, 5) is 15.5. The number of aromatic nitrogens is 6. The van der Waals surface area contributed by atoms with Crippen molar-refractivity contribution in [1.82, 2.24) is 29.7 Å². The smallest absolute Gasteiger partial charge is 0.182 e. The van der Waals surface area contributed by atoms with E-state index in [0.717, 1.165) is 22.7 Å². The van der Waals surface area contributed by atoms with E-state index in [1.54, 1.807) is 6.33 Å². The molecule has 7 heteroatoms. The largest absolute Gasteiger partial charge is 0.362 e.